The van der Waals surface area contributed by atoms with Gasteiger partial charge in [-0.05, 0) is 44.0 Å². The average molecular weight is 432 g/mol. The van der Waals surface area contributed by atoms with Crippen LogP contribution in [0, 0.1) is 24.1 Å². The number of aromatic amines is 2. The van der Waals surface area contributed by atoms with E-state index in [0.29, 0.717) is 27.7 Å². The number of nitrogens with one attached hydrogen (secondary N) is 3. The second-order valence-corrected chi connectivity index (χ2v) is 7.52. The number of benzene rings is 1. The van der Waals surface area contributed by atoms with E-state index in [4.69, 9.17) is 10.3 Å². The first-order valence-corrected chi connectivity index (χ1v) is 9.85. The zero-order valence-corrected chi connectivity index (χ0v) is 16.8. The van der Waals surface area contributed by atoms with Gasteiger partial charge in [0.2, 0.25) is 5.88 Å². The summed E-state index contributed by atoms with van der Waals surface area (Å²) >= 11 is 0. The summed E-state index contributed by atoms with van der Waals surface area (Å²) in [5.41, 5.74) is 1.69. The molecule has 0 aliphatic heterocycles. The predicted octanol–water partition coefficient (Wildman–Crippen LogP) is 1.12. The Labute approximate surface area is 179 Å². The van der Waals surface area contributed by atoms with Crippen molar-refractivity contribution in [1.82, 2.24) is 24.6 Å². The lowest BCUT2D eigenvalue weighted by Crippen LogP contribution is -2.24. The average Bonchev–Trinajstić information content (AvgIpc) is 3.42. The molecule has 4 N–H and O–H groups in total. The second kappa shape index (κ2) is 7.35. The zero-order valence-electron chi connectivity index (χ0n) is 16.8. The van der Waals surface area contributed by atoms with Crippen LogP contribution >= 0.6 is 0 Å². The Balaban J connectivity index is 1.71. The number of anilines is 2. The molecule has 11 heteroatoms. The Hall–Kier alpha value is -4.46. The van der Waals surface area contributed by atoms with Crippen LogP contribution in [0.1, 0.15) is 29.7 Å². The van der Waals surface area contributed by atoms with E-state index in [0.717, 1.165) is 18.9 Å². The molecule has 0 spiro atoms. The summed E-state index contributed by atoms with van der Waals surface area (Å²) < 4.78 is 16.1. The molecule has 1 aliphatic carbocycles. The minimum atomic E-state index is -0.582. The molecule has 0 atom stereocenters. The summed E-state index contributed by atoms with van der Waals surface area (Å²) in [5, 5.41) is 26.8. The molecule has 32 heavy (non-hydrogen) atoms. The summed E-state index contributed by atoms with van der Waals surface area (Å²) in [6, 6.07) is 6.23. The molecule has 1 fully saturated rings. The third-order valence-corrected chi connectivity index (χ3v) is 5.12. The van der Waals surface area contributed by atoms with Gasteiger partial charge in [-0.25, -0.2) is 14.2 Å². The van der Waals surface area contributed by atoms with E-state index in [1.54, 1.807) is 10.7 Å². The molecule has 160 valence electrons. The van der Waals surface area contributed by atoms with Crippen molar-refractivity contribution < 1.29 is 9.50 Å². The number of rotatable bonds is 4. The SMILES string of the molecule is Cc1c(Nc2ccc(C#N)cc2F)nc2/c(=C/c3[nH]c(=O)[nH]c3O)cnn2c1=NC1CC1. The summed E-state index contributed by atoms with van der Waals surface area (Å²) in [5.74, 6) is -0.509. The lowest BCUT2D eigenvalue weighted by Gasteiger charge is -2.11. The molecule has 0 radical (unpaired) electrons. The highest BCUT2D eigenvalue weighted by Crippen LogP contribution is 2.24. The predicted molar refractivity (Wildman–Crippen MR) is 113 cm³/mol. The molecule has 0 saturated heterocycles. The van der Waals surface area contributed by atoms with Crippen LogP contribution in [0.25, 0.3) is 11.7 Å². The standard InChI is InChI=1S/C21H17FN8O2/c1-10-17(26-15-5-2-11(8-23)6-14(15)22)28-19-12(7-16-20(31)29-21(32)27-16)9-24-30(19)18(10)25-13-3-4-13/h2,5-7,9,13,26,31H,3-4H2,1H3,(H2,27,29,32)/b12-7+,25-18?. The fourth-order valence-electron chi connectivity index (χ4n) is 3.29. The van der Waals surface area contributed by atoms with Crippen LogP contribution in [0.4, 0.5) is 15.9 Å². The number of H-pyrrole nitrogens is 2. The molecule has 0 unspecified atom stereocenters. The van der Waals surface area contributed by atoms with Gasteiger partial charge in [0.15, 0.2) is 11.1 Å². The van der Waals surface area contributed by atoms with Gasteiger partial charge in [0.25, 0.3) is 0 Å². The molecule has 1 aromatic carbocycles. The molecule has 4 aromatic rings. The van der Waals surface area contributed by atoms with Gasteiger partial charge in [0, 0.05) is 10.8 Å². The quantitative estimate of drug-likeness (QED) is 0.380. The van der Waals surface area contributed by atoms with Crippen LogP contribution < -0.4 is 21.7 Å². The fourth-order valence-corrected chi connectivity index (χ4v) is 3.29. The van der Waals surface area contributed by atoms with Crippen LogP contribution in [0.5, 0.6) is 5.88 Å². The van der Waals surface area contributed by atoms with Gasteiger partial charge < -0.3 is 15.4 Å². The van der Waals surface area contributed by atoms with E-state index in [2.05, 4.69) is 25.4 Å². The van der Waals surface area contributed by atoms with E-state index in [1.807, 2.05) is 13.0 Å². The summed E-state index contributed by atoms with van der Waals surface area (Å²) in [7, 11) is 0. The van der Waals surface area contributed by atoms with Gasteiger partial charge in [0.1, 0.15) is 17.3 Å². The number of aromatic hydroxyl groups is 1. The van der Waals surface area contributed by atoms with Crippen molar-refractivity contribution in [2.24, 2.45) is 4.99 Å². The van der Waals surface area contributed by atoms with Gasteiger partial charge in [-0.3, -0.25) is 9.98 Å². The second-order valence-electron chi connectivity index (χ2n) is 7.52. The zero-order chi connectivity index (χ0) is 22.4. The number of hydrogen-bond acceptors (Lipinski definition) is 7. The fraction of sp³-hybridized carbons (Fsp3) is 0.190. The monoisotopic (exact) mass is 432 g/mol. The highest BCUT2D eigenvalue weighted by atomic mass is 19.1. The van der Waals surface area contributed by atoms with Gasteiger partial charge in [0.05, 0.1) is 29.6 Å². The Bertz CT molecular complexity index is 1590. The summed E-state index contributed by atoms with van der Waals surface area (Å²) in [4.78, 5) is 25.6. The Morgan fingerprint density at radius 3 is 2.88 bits per heavy atom. The van der Waals surface area contributed by atoms with Crippen molar-refractivity contribution in [3.63, 3.8) is 0 Å². The Morgan fingerprint density at radius 1 is 1.41 bits per heavy atom. The van der Waals surface area contributed by atoms with Gasteiger partial charge in [-0.1, -0.05) is 0 Å². The number of nitriles is 1. The maximum absolute atomic E-state index is 14.5. The largest absolute Gasteiger partial charge is 0.493 e. The van der Waals surface area contributed by atoms with Crippen molar-refractivity contribution in [1.29, 1.82) is 5.26 Å². The van der Waals surface area contributed by atoms with E-state index in [-0.39, 0.29) is 28.9 Å². The lowest BCUT2D eigenvalue weighted by molar-refractivity contribution is 0.454. The molecule has 0 bridgehead atoms. The number of fused-ring (bicyclic) bond motifs is 1. The van der Waals surface area contributed by atoms with Gasteiger partial charge in [-0.2, -0.15) is 14.9 Å². The van der Waals surface area contributed by atoms with Gasteiger partial charge in [-0.15, -0.1) is 0 Å². The molecule has 3 heterocycles. The molecule has 5 rings (SSSR count). The molecule has 3 aromatic heterocycles. The molecular weight excluding hydrogens is 415 g/mol. The van der Waals surface area contributed by atoms with Gasteiger partial charge >= 0.3 is 5.69 Å². The first kappa shape index (κ1) is 19.5. The first-order chi connectivity index (χ1) is 15.4. The van der Waals surface area contributed by atoms with E-state index in [1.165, 1.54) is 18.2 Å². The minimum absolute atomic E-state index is 0.166. The maximum Gasteiger partial charge on any atom is 0.326 e. The van der Waals surface area contributed by atoms with Crippen LogP contribution in [0.3, 0.4) is 0 Å². The number of aromatic nitrogens is 5. The van der Waals surface area contributed by atoms with E-state index >= 15 is 0 Å². The van der Waals surface area contributed by atoms with Crippen molar-refractivity contribution >= 4 is 23.2 Å². The molecule has 0 amide bonds. The van der Waals surface area contributed by atoms with Crippen LogP contribution in [0.15, 0.2) is 34.2 Å². The Morgan fingerprint density at radius 2 is 2.22 bits per heavy atom. The summed E-state index contributed by atoms with van der Waals surface area (Å²) in [6.07, 6.45) is 5.04. The third-order valence-electron chi connectivity index (χ3n) is 5.12. The molecule has 1 aliphatic rings. The summed E-state index contributed by atoms with van der Waals surface area (Å²) in [6.45, 7) is 1.82. The van der Waals surface area contributed by atoms with Crippen molar-refractivity contribution in [2.45, 2.75) is 25.8 Å². The highest BCUT2D eigenvalue weighted by Gasteiger charge is 2.21. The first-order valence-electron chi connectivity index (χ1n) is 9.85. The lowest BCUT2D eigenvalue weighted by atomic mass is 10.2. The smallest absolute Gasteiger partial charge is 0.326 e. The van der Waals surface area contributed by atoms with Crippen LogP contribution in [-0.2, 0) is 0 Å². The van der Waals surface area contributed by atoms with Crippen LogP contribution in [0.2, 0.25) is 0 Å². The van der Waals surface area contributed by atoms with E-state index in [9.17, 15) is 14.3 Å². The third kappa shape index (κ3) is 3.47. The highest BCUT2D eigenvalue weighted by molar-refractivity contribution is 5.64. The van der Waals surface area contributed by atoms with Crippen molar-refractivity contribution in [3.05, 3.63) is 68.2 Å². The number of halogens is 1. The topological polar surface area (TPSA) is 147 Å². The van der Waals surface area contributed by atoms with Crippen LogP contribution in [-0.4, -0.2) is 35.7 Å². The van der Waals surface area contributed by atoms with E-state index < -0.39 is 11.5 Å². The Kier molecular flexibility index (Phi) is 4.48. The van der Waals surface area contributed by atoms with Crippen molar-refractivity contribution in [2.75, 3.05) is 5.32 Å². The minimum Gasteiger partial charge on any atom is -0.493 e. The number of imidazole rings is 1. The number of nitrogens with zero attached hydrogens (tertiary/aromatic N) is 5. The molecule has 1 saturated carbocycles. The molecular formula is C21H17FN8O2. The normalized spacial score (nSPS) is 14.8. The van der Waals surface area contributed by atoms with Crippen molar-refractivity contribution in [3.8, 4) is 11.9 Å². The maximum atomic E-state index is 14.5. The number of hydrogen-bond donors (Lipinski definition) is 4. The molecule has 10 nitrogen and oxygen atoms in total.